The molecular weight excluding hydrogens is 306 g/mol. The van der Waals surface area contributed by atoms with E-state index in [0.717, 1.165) is 12.1 Å². The third-order valence-corrected chi connectivity index (χ3v) is 4.53. The summed E-state index contributed by atoms with van der Waals surface area (Å²) in [6.45, 7) is 2.20. The van der Waals surface area contributed by atoms with E-state index in [-0.39, 0.29) is 24.3 Å². The second-order valence-electron chi connectivity index (χ2n) is 6.55. The van der Waals surface area contributed by atoms with Crippen LogP contribution in [-0.2, 0) is 0 Å². The van der Waals surface area contributed by atoms with Crippen molar-refractivity contribution < 1.29 is 9.90 Å². The number of nitrogens with zero attached hydrogens (tertiary/aromatic N) is 4. The van der Waals surface area contributed by atoms with E-state index in [1.165, 1.54) is 6.33 Å². The van der Waals surface area contributed by atoms with Crippen molar-refractivity contribution in [3.8, 4) is 11.4 Å². The fraction of sp³-hybridized carbons (Fsp3) is 0.471. The first-order valence-electron chi connectivity index (χ1n) is 8.09. The molecule has 2 N–H and O–H groups in total. The van der Waals surface area contributed by atoms with E-state index in [1.807, 2.05) is 43.3 Å². The number of H-pyrrole nitrogens is 1. The molecule has 1 saturated heterocycles. The lowest BCUT2D eigenvalue weighted by Gasteiger charge is -2.20. The molecule has 2 aromatic rings. The van der Waals surface area contributed by atoms with Crippen LogP contribution < -0.4 is 0 Å². The lowest BCUT2D eigenvalue weighted by Crippen LogP contribution is -2.31. The molecule has 1 amide bonds. The predicted molar refractivity (Wildman–Crippen MR) is 90.3 cm³/mol. The Morgan fingerprint density at radius 3 is 2.75 bits per heavy atom. The Morgan fingerprint density at radius 1 is 1.33 bits per heavy atom. The summed E-state index contributed by atoms with van der Waals surface area (Å²) in [6, 6.07) is 7.41. The van der Waals surface area contributed by atoms with Gasteiger partial charge >= 0.3 is 0 Å². The molecule has 2 atom stereocenters. The lowest BCUT2D eigenvalue weighted by molar-refractivity contribution is 0.0780. The van der Waals surface area contributed by atoms with E-state index in [0.29, 0.717) is 24.5 Å². The SMILES string of the molecule is CN(C)CC1CN(C(=O)c2ccccc2-c2ncn[nH]2)CC1CO. The van der Waals surface area contributed by atoms with Gasteiger partial charge < -0.3 is 14.9 Å². The van der Waals surface area contributed by atoms with Crippen LogP contribution in [0.3, 0.4) is 0 Å². The number of carbonyl (C=O) groups is 1. The molecule has 1 aromatic heterocycles. The minimum atomic E-state index is -0.0262. The van der Waals surface area contributed by atoms with E-state index < -0.39 is 0 Å². The molecule has 0 spiro atoms. The Kier molecular flexibility index (Phi) is 4.92. The first-order valence-corrected chi connectivity index (χ1v) is 8.09. The molecule has 1 fully saturated rings. The molecule has 3 rings (SSSR count). The van der Waals surface area contributed by atoms with Gasteiger partial charge in [0.05, 0.1) is 5.56 Å². The maximum absolute atomic E-state index is 13.0. The number of likely N-dealkylation sites (tertiary alicyclic amines) is 1. The van der Waals surface area contributed by atoms with Gasteiger partial charge in [-0.25, -0.2) is 4.98 Å². The van der Waals surface area contributed by atoms with Gasteiger partial charge in [0.15, 0.2) is 5.82 Å². The van der Waals surface area contributed by atoms with Crippen LogP contribution in [0, 0.1) is 11.8 Å². The summed E-state index contributed by atoms with van der Waals surface area (Å²) in [6.07, 6.45) is 1.43. The normalized spacial score (nSPS) is 20.8. The number of carbonyl (C=O) groups excluding carboxylic acids is 1. The van der Waals surface area contributed by atoms with Gasteiger partial charge in [-0.05, 0) is 26.1 Å². The van der Waals surface area contributed by atoms with E-state index in [9.17, 15) is 9.90 Å². The average molecular weight is 329 g/mol. The largest absolute Gasteiger partial charge is 0.396 e. The minimum Gasteiger partial charge on any atom is -0.396 e. The Hall–Kier alpha value is -2.25. The van der Waals surface area contributed by atoms with Gasteiger partial charge in [0.2, 0.25) is 0 Å². The number of benzene rings is 1. The summed E-state index contributed by atoms with van der Waals surface area (Å²) in [4.78, 5) is 21.1. The summed E-state index contributed by atoms with van der Waals surface area (Å²) in [5.41, 5.74) is 1.35. The first-order chi connectivity index (χ1) is 11.6. The van der Waals surface area contributed by atoms with Crippen molar-refractivity contribution in [2.45, 2.75) is 0 Å². The second kappa shape index (κ2) is 7.11. The first kappa shape index (κ1) is 16.6. The van der Waals surface area contributed by atoms with Crippen molar-refractivity contribution in [3.05, 3.63) is 36.2 Å². The number of hydrogen-bond donors (Lipinski definition) is 2. The molecule has 1 aliphatic rings. The molecule has 128 valence electrons. The minimum absolute atomic E-state index is 0.0262. The fourth-order valence-electron chi connectivity index (χ4n) is 3.37. The van der Waals surface area contributed by atoms with Gasteiger partial charge in [-0.15, -0.1) is 0 Å². The number of rotatable bonds is 5. The highest BCUT2D eigenvalue weighted by atomic mass is 16.3. The van der Waals surface area contributed by atoms with Crippen LogP contribution in [0.5, 0.6) is 0 Å². The molecule has 1 aromatic carbocycles. The molecular formula is C17H23N5O2. The Balaban J connectivity index is 1.83. The van der Waals surface area contributed by atoms with Crippen molar-refractivity contribution >= 4 is 5.91 Å². The van der Waals surface area contributed by atoms with Crippen molar-refractivity contribution in [2.24, 2.45) is 11.8 Å². The topological polar surface area (TPSA) is 85.4 Å². The molecule has 7 nitrogen and oxygen atoms in total. The van der Waals surface area contributed by atoms with Gasteiger partial charge in [-0.3, -0.25) is 9.89 Å². The Labute approximate surface area is 141 Å². The highest BCUT2D eigenvalue weighted by Gasteiger charge is 2.35. The fourth-order valence-corrected chi connectivity index (χ4v) is 3.37. The van der Waals surface area contributed by atoms with Crippen LogP contribution in [0.15, 0.2) is 30.6 Å². The predicted octanol–water partition coefficient (Wildman–Crippen LogP) is 0.714. The van der Waals surface area contributed by atoms with E-state index in [1.54, 1.807) is 0 Å². The number of aromatic amines is 1. The quantitative estimate of drug-likeness (QED) is 0.844. The monoisotopic (exact) mass is 329 g/mol. The van der Waals surface area contributed by atoms with Gasteiger partial charge in [0.25, 0.3) is 5.91 Å². The van der Waals surface area contributed by atoms with E-state index in [2.05, 4.69) is 20.1 Å². The molecule has 2 heterocycles. The van der Waals surface area contributed by atoms with Gasteiger partial charge in [0, 0.05) is 37.7 Å². The van der Waals surface area contributed by atoms with Crippen LogP contribution in [0.25, 0.3) is 11.4 Å². The number of hydrogen-bond acceptors (Lipinski definition) is 5. The zero-order valence-electron chi connectivity index (χ0n) is 14.0. The van der Waals surface area contributed by atoms with Crippen molar-refractivity contribution in [1.29, 1.82) is 0 Å². The Bertz CT molecular complexity index is 686. The number of nitrogens with one attached hydrogen (secondary N) is 1. The van der Waals surface area contributed by atoms with Crippen molar-refractivity contribution in [3.63, 3.8) is 0 Å². The van der Waals surface area contributed by atoms with Gasteiger partial charge in [-0.2, -0.15) is 5.10 Å². The lowest BCUT2D eigenvalue weighted by atomic mass is 9.97. The van der Waals surface area contributed by atoms with Gasteiger partial charge in [-0.1, -0.05) is 18.2 Å². The Morgan fingerprint density at radius 2 is 2.08 bits per heavy atom. The van der Waals surface area contributed by atoms with Crippen LogP contribution in [-0.4, -0.2) is 76.3 Å². The number of aliphatic hydroxyl groups excluding tert-OH is 1. The molecule has 1 aliphatic heterocycles. The summed E-state index contributed by atoms with van der Waals surface area (Å²) < 4.78 is 0. The molecule has 24 heavy (non-hydrogen) atoms. The second-order valence-corrected chi connectivity index (χ2v) is 6.55. The summed E-state index contributed by atoms with van der Waals surface area (Å²) in [5.74, 6) is 0.962. The maximum Gasteiger partial charge on any atom is 0.254 e. The van der Waals surface area contributed by atoms with E-state index >= 15 is 0 Å². The molecule has 0 saturated carbocycles. The highest BCUT2D eigenvalue weighted by molar-refractivity contribution is 6.00. The van der Waals surface area contributed by atoms with Crippen LogP contribution in [0.4, 0.5) is 0 Å². The zero-order valence-corrected chi connectivity index (χ0v) is 14.0. The van der Waals surface area contributed by atoms with Crippen LogP contribution >= 0.6 is 0 Å². The van der Waals surface area contributed by atoms with Crippen molar-refractivity contribution in [2.75, 3.05) is 40.3 Å². The third kappa shape index (κ3) is 3.32. The number of aliphatic hydroxyl groups is 1. The molecule has 2 unspecified atom stereocenters. The van der Waals surface area contributed by atoms with Gasteiger partial charge in [0.1, 0.15) is 6.33 Å². The zero-order chi connectivity index (χ0) is 17.1. The van der Waals surface area contributed by atoms with Crippen LogP contribution in [0.1, 0.15) is 10.4 Å². The summed E-state index contributed by atoms with van der Waals surface area (Å²) in [5, 5.41) is 16.3. The molecule has 7 heteroatoms. The van der Waals surface area contributed by atoms with Crippen LogP contribution in [0.2, 0.25) is 0 Å². The summed E-state index contributed by atoms with van der Waals surface area (Å²) in [7, 11) is 4.02. The summed E-state index contributed by atoms with van der Waals surface area (Å²) >= 11 is 0. The number of amides is 1. The smallest absolute Gasteiger partial charge is 0.254 e. The number of aromatic nitrogens is 3. The maximum atomic E-state index is 13.0. The van der Waals surface area contributed by atoms with E-state index in [4.69, 9.17) is 0 Å². The standard InChI is InChI=1S/C17H23N5O2/c1-21(2)7-12-8-22(9-13(12)10-23)17(24)15-6-4-3-5-14(15)16-18-11-19-20-16/h3-6,11-13,23H,7-10H2,1-2H3,(H,18,19,20). The molecule has 0 bridgehead atoms. The average Bonchev–Trinajstić information content (AvgIpc) is 3.23. The van der Waals surface area contributed by atoms with Crippen molar-refractivity contribution in [1.82, 2.24) is 25.0 Å². The molecule has 0 aliphatic carbocycles. The third-order valence-electron chi connectivity index (χ3n) is 4.53. The highest BCUT2D eigenvalue weighted by Crippen LogP contribution is 2.28. The molecule has 0 radical (unpaired) electrons.